The Labute approximate surface area is 282 Å². The molecule has 2 N–H and O–H groups in total. The highest BCUT2D eigenvalue weighted by atomic mass is 35.5. The molecule has 6 rings (SSSR count). The quantitative estimate of drug-likeness (QED) is 0.381. The largest absolute Gasteiger partial charge is 0.506 e. The normalized spacial score (nSPS) is 21.3. The second-order valence-corrected chi connectivity index (χ2v) is 13.8. The molecule has 0 radical (unpaired) electrons. The highest BCUT2D eigenvalue weighted by molar-refractivity contribution is 6.32. The molecule has 1 spiro atoms. The Kier molecular flexibility index (Phi) is 9.72. The molecule has 0 saturated carbocycles. The lowest BCUT2D eigenvalue weighted by Crippen LogP contribution is -2.52. The van der Waals surface area contributed by atoms with Gasteiger partial charge in [-0.05, 0) is 81.4 Å². The van der Waals surface area contributed by atoms with Gasteiger partial charge in [0.15, 0.2) is 6.10 Å². The zero-order chi connectivity index (χ0) is 34.2. The maximum atomic E-state index is 14.0. The lowest BCUT2D eigenvalue weighted by Gasteiger charge is -2.44. The molecule has 10 nitrogen and oxygen atoms in total. The van der Waals surface area contributed by atoms with Gasteiger partial charge in [0, 0.05) is 51.0 Å². The maximum absolute atomic E-state index is 14.0. The molecule has 4 aliphatic rings. The van der Waals surface area contributed by atoms with Gasteiger partial charge in [-0.2, -0.15) is 13.2 Å². The number of alkyl halides is 3. The number of phenols is 1. The molecule has 0 aromatic heterocycles. The number of phenolic OH excluding ortho intramolecular Hbond substituents is 1. The van der Waals surface area contributed by atoms with E-state index in [0.29, 0.717) is 30.6 Å². The Bertz CT molecular complexity index is 1530. The molecule has 14 heteroatoms. The number of halogens is 4. The SMILES string of the molecule is CN1CCC(C2CCN(C(=O)[C@@H](Cc3cc(Cl)c(O)c(C(F)(F)F)c3)OC(=O)N3CCC4(CC3)OC(=O)Nc3ccccc34)CC2)CC1. The summed E-state index contributed by atoms with van der Waals surface area (Å²) < 4.78 is 52.7. The number of carbonyl (C=O) groups is 3. The van der Waals surface area contributed by atoms with Crippen LogP contribution in [-0.2, 0) is 32.5 Å². The lowest BCUT2D eigenvalue weighted by molar-refractivity contribution is -0.143. The highest BCUT2D eigenvalue weighted by Crippen LogP contribution is 2.44. The summed E-state index contributed by atoms with van der Waals surface area (Å²) in [6.45, 7) is 3.32. The van der Waals surface area contributed by atoms with Crippen molar-refractivity contribution >= 4 is 35.4 Å². The second-order valence-electron chi connectivity index (χ2n) is 13.4. The number of piperidine rings is 3. The van der Waals surface area contributed by atoms with Crippen molar-refractivity contribution in [2.24, 2.45) is 11.8 Å². The Morgan fingerprint density at radius 2 is 1.65 bits per heavy atom. The molecule has 1 atom stereocenters. The van der Waals surface area contributed by atoms with Gasteiger partial charge in [-0.1, -0.05) is 29.8 Å². The minimum absolute atomic E-state index is 0.00620. The monoisotopic (exact) mass is 692 g/mol. The average molecular weight is 693 g/mol. The number of amides is 3. The number of para-hydroxylation sites is 1. The maximum Gasteiger partial charge on any atom is 0.420 e. The fraction of sp³-hybridized carbons (Fsp3) is 0.559. The van der Waals surface area contributed by atoms with Gasteiger partial charge in [0.05, 0.1) is 16.3 Å². The van der Waals surface area contributed by atoms with E-state index in [-0.39, 0.29) is 37.9 Å². The number of benzene rings is 2. The van der Waals surface area contributed by atoms with Crippen molar-refractivity contribution in [3.8, 4) is 5.75 Å². The number of rotatable bonds is 5. The summed E-state index contributed by atoms with van der Waals surface area (Å²) in [5.41, 5.74) is -0.826. The summed E-state index contributed by atoms with van der Waals surface area (Å²) in [5.74, 6) is -0.534. The van der Waals surface area contributed by atoms with Gasteiger partial charge in [-0.25, -0.2) is 9.59 Å². The van der Waals surface area contributed by atoms with Gasteiger partial charge in [0.2, 0.25) is 0 Å². The van der Waals surface area contributed by atoms with Crippen LogP contribution in [0.5, 0.6) is 5.75 Å². The zero-order valence-electron chi connectivity index (χ0n) is 26.7. The highest BCUT2D eigenvalue weighted by Gasteiger charge is 2.46. The van der Waals surface area contributed by atoms with E-state index in [2.05, 4.69) is 17.3 Å². The summed E-state index contributed by atoms with van der Waals surface area (Å²) >= 11 is 5.98. The number of aromatic hydroxyl groups is 1. The van der Waals surface area contributed by atoms with E-state index in [4.69, 9.17) is 21.1 Å². The summed E-state index contributed by atoms with van der Waals surface area (Å²) in [6.07, 6.45) is -3.66. The first-order chi connectivity index (χ1) is 22.8. The Balaban J connectivity index is 1.17. The molecule has 2 aromatic carbocycles. The first-order valence-electron chi connectivity index (χ1n) is 16.4. The fourth-order valence-electron chi connectivity index (χ4n) is 7.65. The molecule has 48 heavy (non-hydrogen) atoms. The molecule has 4 heterocycles. The van der Waals surface area contributed by atoms with Gasteiger partial charge in [0.25, 0.3) is 5.91 Å². The van der Waals surface area contributed by atoms with Crippen molar-refractivity contribution in [1.82, 2.24) is 14.7 Å². The van der Waals surface area contributed by atoms with Crippen molar-refractivity contribution in [3.63, 3.8) is 0 Å². The van der Waals surface area contributed by atoms with Crippen LogP contribution < -0.4 is 5.32 Å². The van der Waals surface area contributed by atoms with E-state index in [1.807, 2.05) is 12.1 Å². The topological polar surface area (TPSA) is 112 Å². The van der Waals surface area contributed by atoms with E-state index in [1.165, 1.54) is 4.90 Å². The van der Waals surface area contributed by atoms with Crippen LogP contribution in [-0.4, -0.2) is 90.3 Å². The summed E-state index contributed by atoms with van der Waals surface area (Å²) in [4.78, 5) is 45.2. The predicted molar refractivity (Wildman–Crippen MR) is 171 cm³/mol. The lowest BCUT2D eigenvalue weighted by atomic mass is 9.79. The number of hydrogen-bond donors (Lipinski definition) is 2. The molecule has 4 aliphatic heterocycles. The number of anilines is 1. The van der Waals surface area contributed by atoms with Gasteiger partial charge < -0.3 is 29.3 Å². The number of carbonyl (C=O) groups excluding carboxylic acids is 3. The number of likely N-dealkylation sites (tertiary alicyclic amines) is 3. The van der Waals surface area contributed by atoms with Crippen LogP contribution >= 0.6 is 11.6 Å². The van der Waals surface area contributed by atoms with Crippen LogP contribution in [0.3, 0.4) is 0 Å². The number of hydrogen-bond acceptors (Lipinski definition) is 7. The Morgan fingerprint density at radius 1 is 1.02 bits per heavy atom. The number of fused-ring (bicyclic) bond motifs is 2. The van der Waals surface area contributed by atoms with Crippen molar-refractivity contribution in [3.05, 3.63) is 58.1 Å². The zero-order valence-corrected chi connectivity index (χ0v) is 27.5. The van der Waals surface area contributed by atoms with Gasteiger partial charge in [-0.3, -0.25) is 10.1 Å². The van der Waals surface area contributed by atoms with Crippen molar-refractivity contribution in [2.45, 2.75) is 62.8 Å². The third-order valence-corrected chi connectivity index (χ3v) is 10.7. The first kappa shape index (κ1) is 34.2. The fourth-order valence-corrected chi connectivity index (χ4v) is 7.89. The van der Waals surface area contributed by atoms with Crippen LogP contribution in [0, 0.1) is 11.8 Å². The molecule has 2 aromatic rings. The molecular weight excluding hydrogens is 653 g/mol. The molecule has 3 amide bonds. The standard InChI is InChI=1S/C34H40ClF3N4O6/c1-40-12-6-22(7-13-40)23-8-14-41(15-9-23)30(44)28(20-21-18-25(34(36,37)38)29(43)26(35)19-21)47-32(46)42-16-10-33(11-17-42)24-4-2-3-5-27(24)39-31(45)48-33/h2-5,18-19,22-23,28,43H,6-17,20H2,1H3,(H,39,45)/t28-/m1/s1. The number of nitrogens with zero attached hydrogens (tertiary/aromatic N) is 3. The van der Waals surface area contributed by atoms with Gasteiger partial charge in [0.1, 0.15) is 11.4 Å². The van der Waals surface area contributed by atoms with E-state index in [1.54, 1.807) is 17.0 Å². The molecule has 0 bridgehead atoms. The number of nitrogens with one attached hydrogen (secondary N) is 1. The Hall–Kier alpha value is -3.71. The molecule has 260 valence electrons. The van der Waals surface area contributed by atoms with E-state index >= 15 is 0 Å². The van der Waals surface area contributed by atoms with Crippen molar-refractivity contribution in [2.75, 3.05) is 51.6 Å². The third kappa shape index (κ3) is 7.17. The van der Waals surface area contributed by atoms with E-state index in [0.717, 1.165) is 56.5 Å². The second kappa shape index (κ2) is 13.7. The third-order valence-electron chi connectivity index (χ3n) is 10.4. The molecular formula is C34H40ClF3N4O6. The summed E-state index contributed by atoms with van der Waals surface area (Å²) in [5, 5.41) is 12.2. The smallest absolute Gasteiger partial charge is 0.420 e. The van der Waals surface area contributed by atoms with Gasteiger partial charge >= 0.3 is 18.4 Å². The molecule has 0 aliphatic carbocycles. The van der Waals surface area contributed by atoms with Crippen molar-refractivity contribution in [1.29, 1.82) is 0 Å². The Morgan fingerprint density at radius 3 is 2.29 bits per heavy atom. The molecule has 3 saturated heterocycles. The average Bonchev–Trinajstić information content (AvgIpc) is 3.06. The molecule has 3 fully saturated rings. The summed E-state index contributed by atoms with van der Waals surface area (Å²) in [6, 6.07) is 9.18. The predicted octanol–water partition coefficient (Wildman–Crippen LogP) is 6.25. The number of ether oxygens (including phenoxy) is 2. The van der Waals surface area contributed by atoms with Crippen LogP contribution in [0.25, 0.3) is 0 Å². The first-order valence-corrected chi connectivity index (χ1v) is 16.8. The van der Waals surface area contributed by atoms with Crippen LogP contribution in [0.4, 0.5) is 28.4 Å². The van der Waals surface area contributed by atoms with Crippen LogP contribution in [0.2, 0.25) is 5.02 Å². The van der Waals surface area contributed by atoms with Gasteiger partial charge in [-0.15, -0.1) is 0 Å². The minimum atomic E-state index is -4.89. The van der Waals surface area contributed by atoms with Crippen molar-refractivity contribution < 1.29 is 42.1 Å². The van der Waals surface area contributed by atoms with E-state index < -0.39 is 52.3 Å². The van der Waals surface area contributed by atoms with Crippen LogP contribution in [0.15, 0.2) is 36.4 Å². The summed E-state index contributed by atoms with van der Waals surface area (Å²) in [7, 11) is 2.11. The minimum Gasteiger partial charge on any atom is -0.506 e. The molecule has 0 unspecified atom stereocenters. The van der Waals surface area contributed by atoms with E-state index in [9.17, 15) is 32.7 Å². The van der Waals surface area contributed by atoms with Crippen LogP contribution in [0.1, 0.15) is 55.2 Å².